The van der Waals surface area contributed by atoms with Crippen molar-refractivity contribution in [3.8, 4) is 0 Å². The van der Waals surface area contributed by atoms with Gasteiger partial charge in [0.15, 0.2) is 6.10 Å². The van der Waals surface area contributed by atoms with Gasteiger partial charge in [-0.15, -0.1) is 11.8 Å². The van der Waals surface area contributed by atoms with E-state index in [4.69, 9.17) is 10.5 Å². The normalized spacial score (nSPS) is 21.4. The van der Waals surface area contributed by atoms with Gasteiger partial charge in [0.2, 0.25) is 5.91 Å². The highest BCUT2D eigenvalue weighted by Gasteiger charge is 2.52. The van der Waals surface area contributed by atoms with Crippen LogP contribution in [0.2, 0.25) is 0 Å². The molecule has 2 atom stereocenters. The number of hydrogen-bond acceptors (Lipinski definition) is 6. The third kappa shape index (κ3) is 3.22. The van der Waals surface area contributed by atoms with Crippen molar-refractivity contribution in [1.29, 1.82) is 0 Å². The van der Waals surface area contributed by atoms with Crippen molar-refractivity contribution in [3.63, 3.8) is 0 Å². The maximum absolute atomic E-state index is 13.1. The van der Waals surface area contributed by atoms with E-state index in [1.165, 1.54) is 16.7 Å². The topological polar surface area (TPSA) is 92.9 Å². The summed E-state index contributed by atoms with van der Waals surface area (Å²) in [6.07, 6.45) is -0.625. The number of β-lactam (4-membered cyclic amide) rings is 1. The summed E-state index contributed by atoms with van der Waals surface area (Å²) in [6, 6.07) is 18.2. The zero-order valence-electron chi connectivity index (χ0n) is 15.0. The molecule has 28 heavy (non-hydrogen) atoms. The molecule has 4 rings (SSSR count). The molecule has 2 aromatic rings. The molecule has 0 aliphatic carbocycles. The van der Waals surface area contributed by atoms with Crippen LogP contribution in [0.15, 0.2) is 71.9 Å². The minimum atomic E-state index is -0.632. The van der Waals surface area contributed by atoms with Crippen molar-refractivity contribution in [3.05, 3.63) is 83.1 Å². The molecule has 0 unspecified atom stereocenters. The van der Waals surface area contributed by atoms with E-state index in [0.717, 1.165) is 11.1 Å². The van der Waals surface area contributed by atoms with Gasteiger partial charge in [0.05, 0.1) is 6.61 Å². The largest absolute Gasteiger partial charge is 0.448 e. The summed E-state index contributed by atoms with van der Waals surface area (Å²) in [7, 11) is 0. The van der Waals surface area contributed by atoms with Gasteiger partial charge >= 0.3 is 5.97 Å². The Bertz CT molecular complexity index is 877. The molecule has 1 fully saturated rings. The molecule has 2 aromatic carbocycles. The highest BCUT2D eigenvalue weighted by molar-refractivity contribution is 8.00. The number of hydrogen-bond donors (Lipinski definition) is 2. The molecule has 2 heterocycles. The molecule has 1 amide bonds. The predicted octanol–water partition coefficient (Wildman–Crippen LogP) is 1.81. The van der Waals surface area contributed by atoms with Gasteiger partial charge in [-0.1, -0.05) is 60.7 Å². The smallest absolute Gasteiger partial charge is 0.356 e. The fourth-order valence-electron chi connectivity index (χ4n) is 3.44. The Morgan fingerprint density at radius 1 is 1.14 bits per heavy atom. The highest BCUT2D eigenvalue weighted by Crippen LogP contribution is 2.40. The van der Waals surface area contributed by atoms with Crippen LogP contribution in [0.25, 0.3) is 0 Å². The summed E-state index contributed by atoms with van der Waals surface area (Å²) in [5.41, 5.74) is 8.10. The fraction of sp³-hybridized carbons (Fsp3) is 0.238. The van der Waals surface area contributed by atoms with E-state index in [-0.39, 0.29) is 23.6 Å². The Morgan fingerprint density at radius 3 is 2.25 bits per heavy atom. The summed E-state index contributed by atoms with van der Waals surface area (Å²) in [5, 5.41) is 9.42. The number of carbonyl (C=O) groups is 2. The SMILES string of the molecule is N[C@@H]1C(=O)N2C(C(=O)OC(c3ccccc3)c3ccccc3)=C(CO)CS[C@H]12. The quantitative estimate of drug-likeness (QED) is 0.592. The Balaban J connectivity index is 1.68. The third-order valence-electron chi connectivity index (χ3n) is 4.90. The van der Waals surface area contributed by atoms with E-state index in [2.05, 4.69) is 0 Å². The molecule has 1 saturated heterocycles. The molecule has 0 bridgehead atoms. The fourth-order valence-corrected chi connectivity index (χ4v) is 4.72. The molecule has 144 valence electrons. The molecule has 2 aliphatic rings. The molecule has 3 N–H and O–H groups in total. The first kappa shape index (κ1) is 18.7. The van der Waals surface area contributed by atoms with Crippen LogP contribution in [0.4, 0.5) is 0 Å². The highest BCUT2D eigenvalue weighted by atomic mass is 32.2. The molecule has 6 nitrogen and oxygen atoms in total. The molecule has 7 heteroatoms. The van der Waals surface area contributed by atoms with Crippen molar-refractivity contribution in [1.82, 2.24) is 4.90 Å². The first-order valence-corrected chi connectivity index (χ1v) is 10.0. The van der Waals surface area contributed by atoms with Crippen LogP contribution in [-0.2, 0) is 14.3 Å². The average Bonchev–Trinajstić information content (AvgIpc) is 2.76. The number of nitrogens with zero attached hydrogens (tertiary/aromatic N) is 1. The first-order chi connectivity index (χ1) is 13.6. The van der Waals surface area contributed by atoms with Crippen LogP contribution in [0.3, 0.4) is 0 Å². The summed E-state index contributed by atoms with van der Waals surface area (Å²) in [4.78, 5) is 26.8. The Labute approximate surface area is 167 Å². The van der Waals surface area contributed by atoms with Gasteiger partial charge < -0.3 is 15.6 Å². The lowest BCUT2D eigenvalue weighted by Crippen LogP contribution is -2.68. The number of rotatable bonds is 5. The number of aliphatic hydroxyl groups excluding tert-OH is 1. The lowest BCUT2D eigenvalue weighted by molar-refractivity contribution is -0.153. The third-order valence-corrected chi connectivity index (χ3v) is 6.26. The maximum Gasteiger partial charge on any atom is 0.356 e. The number of thioether (sulfide) groups is 1. The van der Waals surface area contributed by atoms with E-state index >= 15 is 0 Å². The van der Waals surface area contributed by atoms with Gasteiger partial charge in [-0.05, 0) is 16.7 Å². The number of benzene rings is 2. The van der Waals surface area contributed by atoms with Gasteiger partial charge in [-0.2, -0.15) is 0 Å². The second-order valence-corrected chi connectivity index (χ2v) is 7.76. The van der Waals surface area contributed by atoms with E-state index in [1.54, 1.807) is 0 Å². The molecule has 0 spiro atoms. The summed E-state index contributed by atoms with van der Waals surface area (Å²) in [6.45, 7) is -0.315. The van der Waals surface area contributed by atoms with Crippen LogP contribution in [0, 0.1) is 0 Å². The van der Waals surface area contributed by atoms with Crippen molar-refractivity contribution < 1.29 is 19.4 Å². The van der Waals surface area contributed by atoms with Crippen LogP contribution >= 0.6 is 11.8 Å². The number of ether oxygens (including phenoxy) is 1. The van der Waals surface area contributed by atoms with Crippen LogP contribution in [0.5, 0.6) is 0 Å². The summed E-state index contributed by atoms with van der Waals surface area (Å²) >= 11 is 1.44. The average molecular weight is 396 g/mol. The van der Waals surface area contributed by atoms with E-state index < -0.39 is 18.1 Å². The molecule has 0 radical (unpaired) electrons. The molecular weight excluding hydrogens is 376 g/mol. The minimum absolute atomic E-state index is 0.120. The van der Waals surface area contributed by atoms with Crippen molar-refractivity contribution >= 4 is 23.6 Å². The Morgan fingerprint density at radius 2 is 1.71 bits per heavy atom. The minimum Gasteiger partial charge on any atom is -0.448 e. The van der Waals surface area contributed by atoms with Crippen LogP contribution < -0.4 is 5.73 Å². The van der Waals surface area contributed by atoms with Crippen molar-refractivity contribution in [2.75, 3.05) is 12.4 Å². The number of amides is 1. The predicted molar refractivity (Wildman–Crippen MR) is 106 cm³/mol. The number of fused-ring (bicyclic) bond motifs is 1. The monoisotopic (exact) mass is 396 g/mol. The standard InChI is InChI=1S/C21H20N2O4S/c22-16-19(25)23-17(15(11-24)12-28-20(16)23)21(26)27-18(13-7-3-1-4-8-13)14-9-5-2-6-10-14/h1-10,16,18,20,24H,11-12,22H2/t16-,20-/m1/s1. The van der Waals surface area contributed by atoms with Gasteiger partial charge in [-0.25, -0.2) is 4.79 Å². The van der Waals surface area contributed by atoms with Crippen molar-refractivity contribution in [2.24, 2.45) is 5.73 Å². The van der Waals surface area contributed by atoms with Gasteiger partial charge in [-0.3, -0.25) is 9.69 Å². The van der Waals surface area contributed by atoms with Crippen LogP contribution in [-0.4, -0.2) is 45.7 Å². The zero-order valence-corrected chi connectivity index (χ0v) is 15.8. The number of nitrogens with two attached hydrogens (primary N) is 1. The van der Waals surface area contributed by atoms with E-state index in [0.29, 0.717) is 11.3 Å². The van der Waals surface area contributed by atoms with E-state index in [9.17, 15) is 14.7 Å². The summed E-state index contributed by atoms with van der Waals surface area (Å²) in [5.74, 6) is -0.525. The number of esters is 1. The second kappa shape index (κ2) is 7.79. The lowest BCUT2D eigenvalue weighted by Gasteiger charge is -2.48. The van der Waals surface area contributed by atoms with E-state index in [1.807, 2.05) is 60.7 Å². The molecular formula is C21H20N2O4S. The number of aliphatic hydroxyl groups is 1. The van der Waals surface area contributed by atoms with Crippen molar-refractivity contribution in [2.45, 2.75) is 17.5 Å². The molecule has 0 aromatic heterocycles. The van der Waals surface area contributed by atoms with Crippen LogP contribution in [0.1, 0.15) is 17.2 Å². The molecule has 0 saturated carbocycles. The lowest BCUT2D eigenvalue weighted by atomic mass is 10.0. The van der Waals surface area contributed by atoms with Gasteiger partial charge in [0, 0.05) is 5.75 Å². The summed E-state index contributed by atoms with van der Waals surface area (Å²) < 4.78 is 5.88. The maximum atomic E-state index is 13.1. The molecule has 2 aliphatic heterocycles. The van der Waals surface area contributed by atoms with Gasteiger partial charge in [0.1, 0.15) is 17.1 Å². The zero-order chi connectivity index (χ0) is 19.7. The second-order valence-electron chi connectivity index (χ2n) is 6.65. The number of carbonyl (C=O) groups excluding carboxylic acids is 2. The first-order valence-electron chi connectivity index (χ1n) is 8.96. The Kier molecular flexibility index (Phi) is 5.21. The Hall–Kier alpha value is -2.61. The van der Waals surface area contributed by atoms with Gasteiger partial charge in [0.25, 0.3) is 0 Å².